The van der Waals surface area contributed by atoms with Gasteiger partial charge in [-0.2, -0.15) is 0 Å². The zero-order valence-corrected chi connectivity index (χ0v) is 7.86. The summed E-state index contributed by atoms with van der Waals surface area (Å²) in [7, 11) is 0. The average molecular weight is 256 g/mol. The average Bonchev–Trinajstić information content (AvgIpc) is 2.17. The largest absolute Gasteiger partial charge is 0.574 e. The topological polar surface area (TPSA) is 85.5 Å². The lowest BCUT2D eigenvalue weighted by Gasteiger charge is -2.09. The van der Waals surface area contributed by atoms with E-state index >= 15 is 0 Å². The van der Waals surface area contributed by atoms with Gasteiger partial charge in [0.15, 0.2) is 5.82 Å². The van der Waals surface area contributed by atoms with Crippen LogP contribution in [-0.4, -0.2) is 21.4 Å². The molecule has 0 aliphatic carbocycles. The van der Waals surface area contributed by atoms with E-state index in [9.17, 15) is 27.7 Å². The minimum atomic E-state index is -5.21. The lowest BCUT2D eigenvalue weighted by atomic mass is 10.2. The fourth-order valence-corrected chi connectivity index (χ4v) is 1.02. The maximum absolute atomic E-state index is 13.0. The van der Waals surface area contributed by atoms with E-state index in [0.29, 0.717) is 6.20 Å². The smallest absolute Gasteiger partial charge is 0.391 e. The monoisotopic (exact) mass is 256 g/mol. The molecular formula is C7H4F4N2O4. The molecule has 0 unspecified atom stereocenters. The van der Waals surface area contributed by atoms with E-state index < -0.39 is 40.8 Å². The quantitative estimate of drug-likeness (QED) is 0.503. The molecule has 0 amide bonds. The minimum absolute atomic E-state index is 0.291. The molecule has 94 valence electrons. The summed E-state index contributed by atoms with van der Waals surface area (Å²) in [4.78, 5) is 12.0. The summed E-state index contributed by atoms with van der Waals surface area (Å²) in [5, 5.41) is 19.1. The van der Waals surface area contributed by atoms with Crippen molar-refractivity contribution in [2.24, 2.45) is 0 Å². The van der Waals surface area contributed by atoms with Crippen molar-refractivity contribution in [2.45, 2.75) is 13.0 Å². The Balaban J connectivity index is 3.36. The van der Waals surface area contributed by atoms with Crippen LogP contribution in [0.1, 0.15) is 5.56 Å². The van der Waals surface area contributed by atoms with E-state index in [-0.39, 0.29) is 0 Å². The van der Waals surface area contributed by atoms with Gasteiger partial charge in [-0.05, 0) is 0 Å². The second-order valence-corrected chi connectivity index (χ2v) is 2.70. The molecule has 1 heterocycles. The summed E-state index contributed by atoms with van der Waals surface area (Å²) in [5.74, 6) is -2.72. The van der Waals surface area contributed by atoms with E-state index in [1.165, 1.54) is 0 Å². The Morgan fingerprint density at radius 3 is 2.53 bits per heavy atom. The Morgan fingerprint density at radius 1 is 1.53 bits per heavy atom. The van der Waals surface area contributed by atoms with E-state index in [2.05, 4.69) is 9.72 Å². The molecule has 17 heavy (non-hydrogen) atoms. The van der Waals surface area contributed by atoms with Crippen LogP contribution < -0.4 is 4.74 Å². The molecule has 0 aromatic carbocycles. The molecule has 0 aliphatic heterocycles. The summed E-state index contributed by atoms with van der Waals surface area (Å²) in [6, 6.07) is 0. The number of hydrogen-bond donors (Lipinski definition) is 1. The highest BCUT2D eigenvalue weighted by Crippen LogP contribution is 2.33. The van der Waals surface area contributed by atoms with Crippen molar-refractivity contribution in [3.8, 4) is 5.88 Å². The van der Waals surface area contributed by atoms with Gasteiger partial charge in [-0.3, -0.25) is 10.1 Å². The summed E-state index contributed by atoms with van der Waals surface area (Å²) in [5.41, 5.74) is -2.28. The zero-order valence-electron chi connectivity index (χ0n) is 7.86. The molecule has 1 aromatic rings. The number of alkyl halides is 3. The Bertz CT molecular complexity index is 448. The number of aliphatic hydroxyl groups is 1. The Morgan fingerprint density at radius 2 is 2.12 bits per heavy atom. The molecule has 0 aliphatic rings. The van der Waals surface area contributed by atoms with Crippen molar-refractivity contribution in [3.63, 3.8) is 0 Å². The first kappa shape index (κ1) is 13.1. The van der Waals surface area contributed by atoms with Crippen LogP contribution in [0.15, 0.2) is 6.20 Å². The van der Waals surface area contributed by atoms with Gasteiger partial charge in [0.25, 0.3) is 0 Å². The van der Waals surface area contributed by atoms with Gasteiger partial charge in [0.2, 0.25) is 0 Å². The van der Waals surface area contributed by atoms with Gasteiger partial charge < -0.3 is 9.84 Å². The first-order chi connectivity index (χ1) is 7.76. The summed E-state index contributed by atoms with van der Waals surface area (Å²) in [6.45, 7) is -1.15. The molecule has 0 saturated heterocycles. The number of ether oxygens (including phenoxy) is 1. The maximum Gasteiger partial charge on any atom is 0.574 e. The van der Waals surface area contributed by atoms with Crippen LogP contribution in [0.3, 0.4) is 0 Å². The SMILES string of the molecule is O=[N+]([O-])c1c(OC(F)(F)F)ncc(F)c1CO. The number of nitrogens with zero attached hydrogens (tertiary/aromatic N) is 2. The van der Waals surface area contributed by atoms with Crippen LogP contribution in [0.4, 0.5) is 23.2 Å². The highest BCUT2D eigenvalue weighted by molar-refractivity contribution is 5.48. The van der Waals surface area contributed by atoms with Crippen LogP contribution in [0.5, 0.6) is 5.88 Å². The second kappa shape index (κ2) is 4.49. The first-order valence-electron chi connectivity index (χ1n) is 3.94. The van der Waals surface area contributed by atoms with Gasteiger partial charge in [-0.25, -0.2) is 9.37 Å². The normalized spacial score (nSPS) is 11.4. The molecule has 10 heteroatoms. The molecule has 0 spiro atoms. The molecular weight excluding hydrogens is 252 g/mol. The van der Waals surface area contributed by atoms with E-state index in [0.717, 1.165) is 0 Å². The van der Waals surface area contributed by atoms with Crippen molar-refractivity contribution < 1.29 is 32.3 Å². The van der Waals surface area contributed by atoms with Crippen molar-refractivity contribution in [1.29, 1.82) is 0 Å². The lowest BCUT2D eigenvalue weighted by Crippen LogP contribution is -2.19. The number of aliphatic hydroxyl groups excluding tert-OH is 1. The van der Waals surface area contributed by atoms with E-state index in [1.807, 2.05) is 0 Å². The molecule has 0 atom stereocenters. The molecule has 0 bridgehead atoms. The lowest BCUT2D eigenvalue weighted by molar-refractivity contribution is -0.390. The number of rotatable bonds is 3. The van der Waals surface area contributed by atoms with Gasteiger partial charge in [0.1, 0.15) is 0 Å². The number of nitro groups is 1. The fourth-order valence-electron chi connectivity index (χ4n) is 1.02. The van der Waals surface area contributed by atoms with Gasteiger partial charge in [0.05, 0.1) is 23.3 Å². The zero-order chi connectivity index (χ0) is 13.2. The third-order valence-electron chi connectivity index (χ3n) is 1.62. The first-order valence-corrected chi connectivity index (χ1v) is 3.94. The van der Waals surface area contributed by atoms with Crippen LogP contribution >= 0.6 is 0 Å². The predicted molar refractivity (Wildman–Crippen MR) is 43.5 cm³/mol. The highest BCUT2D eigenvalue weighted by Gasteiger charge is 2.37. The van der Waals surface area contributed by atoms with Gasteiger partial charge in [-0.1, -0.05) is 0 Å². The van der Waals surface area contributed by atoms with Gasteiger partial charge >= 0.3 is 17.9 Å². The summed E-state index contributed by atoms with van der Waals surface area (Å²) >= 11 is 0. The Kier molecular flexibility index (Phi) is 3.46. The molecule has 1 N–H and O–H groups in total. The maximum atomic E-state index is 13.0. The van der Waals surface area contributed by atoms with Crippen molar-refractivity contribution in [3.05, 3.63) is 27.7 Å². The highest BCUT2D eigenvalue weighted by atomic mass is 19.4. The van der Waals surface area contributed by atoms with Crippen LogP contribution in [0.2, 0.25) is 0 Å². The fraction of sp³-hybridized carbons (Fsp3) is 0.286. The van der Waals surface area contributed by atoms with Crippen molar-refractivity contribution in [1.82, 2.24) is 4.98 Å². The van der Waals surface area contributed by atoms with Crippen molar-refractivity contribution >= 4 is 5.69 Å². The third kappa shape index (κ3) is 3.00. The summed E-state index contributed by atoms with van der Waals surface area (Å²) in [6.07, 6.45) is -4.91. The van der Waals surface area contributed by atoms with E-state index in [1.54, 1.807) is 0 Å². The minimum Gasteiger partial charge on any atom is -0.391 e. The number of hydrogen-bond acceptors (Lipinski definition) is 5. The standard InChI is InChI=1S/C7H4F4N2O4/c8-4-1-12-6(17-7(9,10)11)5(13(15)16)3(4)2-14/h1,14H,2H2. The van der Waals surface area contributed by atoms with E-state index in [4.69, 9.17) is 5.11 Å². The summed E-state index contributed by atoms with van der Waals surface area (Å²) < 4.78 is 51.9. The van der Waals surface area contributed by atoms with Gasteiger partial charge in [0, 0.05) is 0 Å². The molecule has 6 nitrogen and oxygen atoms in total. The van der Waals surface area contributed by atoms with Crippen LogP contribution in [0, 0.1) is 15.9 Å². The molecule has 1 rings (SSSR count). The number of halogens is 4. The predicted octanol–water partition coefficient (Wildman–Crippen LogP) is 1.52. The second-order valence-electron chi connectivity index (χ2n) is 2.70. The molecule has 0 saturated carbocycles. The van der Waals surface area contributed by atoms with Crippen molar-refractivity contribution in [2.75, 3.05) is 0 Å². The van der Waals surface area contributed by atoms with Gasteiger partial charge in [-0.15, -0.1) is 13.2 Å². The molecule has 1 aromatic heterocycles. The third-order valence-corrected chi connectivity index (χ3v) is 1.62. The Hall–Kier alpha value is -1.97. The Labute approximate surface area is 90.6 Å². The number of pyridine rings is 1. The number of aromatic nitrogens is 1. The van der Waals surface area contributed by atoms with Crippen LogP contribution in [0.25, 0.3) is 0 Å². The molecule has 0 radical (unpaired) electrons. The van der Waals surface area contributed by atoms with Crippen LogP contribution in [-0.2, 0) is 6.61 Å². The molecule has 0 fully saturated rings.